The minimum atomic E-state index is -1.86. The van der Waals surface area contributed by atoms with Gasteiger partial charge in [0.25, 0.3) is 0 Å². The van der Waals surface area contributed by atoms with Crippen molar-refractivity contribution in [3.63, 3.8) is 0 Å². The van der Waals surface area contributed by atoms with Crippen LogP contribution in [0.4, 0.5) is 35.0 Å². The molecule has 2 aromatic rings. The number of hydrogen-bond donors (Lipinski definition) is 4. The average molecular weight is 456 g/mol. The highest BCUT2D eigenvalue weighted by Gasteiger charge is 2.42. The number of nitrogens with zero attached hydrogens (tertiary/aromatic N) is 2. The second kappa shape index (κ2) is 7.99. The number of nitrogens with one attached hydrogen (secondary N) is 2. The highest BCUT2D eigenvalue weighted by atomic mass is 35.5. The van der Waals surface area contributed by atoms with Crippen molar-refractivity contribution in [2.45, 2.75) is 18.9 Å². The molecule has 0 spiro atoms. The lowest BCUT2D eigenvalue weighted by Crippen LogP contribution is -2.51. The summed E-state index contributed by atoms with van der Waals surface area (Å²) in [6, 6.07) is 4.65. The predicted molar refractivity (Wildman–Crippen MR) is 109 cm³/mol. The van der Waals surface area contributed by atoms with Gasteiger partial charge in [-0.3, -0.25) is 15.0 Å². The predicted octanol–water partition coefficient (Wildman–Crippen LogP) is 3.78. The minimum Gasteiger partial charge on any atom is -0.465 e. The zero-order valence-electron chi connectivity index (χ0n) is 16.3. The van der Waals surface area contributed by atoms with Gasteiger partial charge in [-0.1, -0.05) is 11.6 Å². The Balaban J connectivity index is 2.16. The molecule has 0 saturated carbocycles. The van der Waals surface area contributed by atoms with Crippen LogP contribution in [0, 0.1) is 17.5 Å². The highest BCUT2D eigenvalue weighted by molar-refractivity contribution is 6.31. The molecule has 31 heavy (non-hydrogen) atoms. The van der Waals surface area contributed by atoms with Crippen molar-refractivity contribution >= 4 is 46.6 Å². The Labute approximate surface area is 179 Å². The molecule has 164 valence electrons. The van der Waals surface area contributed by atoms with Crippen LogP contribution in [-0.4, -0.2) is 35.0 Å². The van der Waals surface area contributed by atoms with Gasteiger partial charge in [0.05, 0.1) is 23.4 Å². The van der Waals surface area contributed by atoms with Crippen molar-refractivity contribution in [1.82, 2.24) is 10.2 Å². The van der Waals surface area contributed by atoms with Gasteiger partial charge < -0.3 is 16.2 Å². The maximum absolute atomic E-state index is 15.4. The Morgan fingerprint density at radius 2 is 1.97 bits per heavy atom. The van der Waals surface area contributed by atoms with Crippen LogP contribution in [0.5, 0.6) is 0 Å². The highest BCUT2D eigenvalue weighted by Crippen LogP contribution is 2.40. The number of carbonyl (C=O) groups excluding carboxylic acids is 1. The van der Waals surface area contributed by atoms with Crippen LogP contribution in [-0.2, 0) is 10.3 Å². The largest absolute Gasteiger partial charge is 0.465 e. The van der Waals surface area contributed by atoms with Crippen LogP contribution in [0.25, 0.3) is 0 Å². The summed E-state index contributed by atoms with van der Waals surface area (Å²) < 4.78 is 44.6. The summed E-state index contributed by atoms with van der Waals surface area (Å²) >= 11 is 5.89. The maximum Gasteiger partial charge on any atom is 0.411 e. The van der Waals surface area contributed by atoms with E-state index in [2.05, 4.69) is 10.3 Å². The van der Waals surface area contributed by atoms with E-state index in [1.807, 2.05) is 5.32 Å². The van der Waals surface area contributed by atoms with E-state index in [1.165, 1.54) is 32.2 Å². The lowest BCUT2D eigenvalue weighted by molar-refractivity contribution is -0.128. The molecular weight excluding hydrogens is 439 g/mol. The number of carboxylic acid groups (broad SMARTS) is 1. The summed E-state index contributed by atoms with van der Waals surface area (Å²) in [7, 11) is 1.25. The molecule has 8 nitrogen and oxygen atoms in total. The summed E-state index contributed by atoms with van der Waals surface area (Å²) in [5.41, 5.74) is 2.68. The SMILES string of the molecule is CN1C(=O)C[C@@](C)(c2c(F)cc(F)c(Nc3cc(Cl)ccc3N)c2F)N=C1NC(=O)O. The third-order valence-electron chi connectivity index (χ3n) is 4.74. The lowest BCUT2D eigenvalue weighted by Gasteiger charge is -2.35. The molecule has 0 saturated heterocycles. The zero-order valence-corrected chi connectivity index (χ0v) is 17.0. The van der Waals surface area contributed by atoms with Crippen molar-refractivity contribution in [3.05, 3.63) is 52.3 Å². The molecule has 2 aromatic carbocycles. The number of aliphatic imine (C=N–C) groups is 1. The average Bonchev–Trinajstić information content (AvgIpc) is 2.64. The molecule has 2 amide bonds. The number of anilines is 3. The summed E-state index contributed by atoms with van der Waals surface area (Å²) in [5.74, 6) is -4.98. The number of nitrogen functional groups attached to an aromatic ring is 1. The molecule has 0 fully saturated rings. The second-order valence-electron chi connectivity index (χ2n) is 7.03. The van der Waals surface area contributed by atoms with Gasteiger partial charge in [-0.25, -0.2) is 23.0 Å². The number of guanidine groups is 1. The van der Waals surface area contributed by atoms with Gasteiger partial charge in [0, 0.05) is 18.1 Å². The van der Waals surface area contributed by atoms with Crippen molar-refractivity contribution in [3.8, 4) is 0 Å². The Morgan fingerprint density at radius 3 is 2.61 bits per heavy atom. The van der Waals surface area contributed by atoms with Gasteiger partial charge in [0.15, 0.2) is 11.6 Å². The van der Waals surface area contributed by atoms with E-state index in [9.17, 15) is 18.4 Å². The van der Waals surface area contributed by atoms with Crippen molar-refractivity contribution in [2.24, 2.45) is 4.99 Å². The molecule has 12 heteroatoms. The topological polar surface area (TPSA) is 120 Å². The monoisotopic (exact) mass is 455 g/mol. The van der Waals surface area contributed by atoms with E-state index in [-0.39, 0.29) is 16.4 Å². The molecular formula is C19H17ClF3N5O3. The Morgan fingerprint density at radius 1 is 1.29 bits per heavy atom. The Bertz CT molecular complexity index is 1130. The van der Waals surface area contributed by atoms with Crippen LogP contribution in [0.1, 0.15) is 18.9 Å². The smallest absolute Gasteiger partial charge is 0.411 e. The number of rotatable bonds is 3. The van der Waals surface area contributed by atoms with E-state index in [0.717, 1.165) is 4.90 Å². The number of amides is 2. The first-order chi connectivity index (χ1) is 14.4. The quantitative estimate of drug-likeness (QED) is 0.525. The molecule has 0 bridgehead atoms. The third-order valence-corrected chi connectivity index (χ3v) is 4.98. The fourth-order valence-corrected chi connectivity index (χ4v) is 3.37. The first kappa shape index (κ1) is 22.2. The van der Waals surface area contributed by atoms with Crippen LogP contribution in [0.2, 0.25) is 5.02 Å². The second-order valence-corrected chi connectivity index (χ2v) is 7.47. The minimum absolute atomic E-state index is 0.0733. The number of carbonyl (C=O) groups is 2. The zero-order chi connectivity index (χ0) is 23.1. The number of hydrogen-bond acceptors (Lipinski definition) is 5. The molecule has 1 aliphatic rings. The van der Waals surface area contributed by atoms with Crippen molar-refractivity contribution < 1.29 is 27.9 Å². The van der Waals surface area contributed by atoms with Crippen LogP contribution >= 0.6 is 11.6 Å². The fourth-order valence-electron chi connectivity index (χ4n) is 3.20. The molecule has 1 atom stereocenters. The van der Waals surface area contributed by atoms with E-state index >= 15 is 4.39 Å². The number of benzene rings is 2. The van der Waals surface area contributed by atoms with Crippen LogP contribution in [0.15, 0.2) is 29.3 Å². The first-order valence-electron chi connectivity index (χ1n) is 8.79. The molecule has 0 aromatic heterocycles. The van der Waals surface area contributed by atoms with Crippen LogP contribution in [0.3, 0.4) is 0 Å². The molecule has 3 rings (SSSR count). The van der Waals surface area contributed by atoms with Crippen LogP contribution < -0.4 is 16.4 Å². The first-order valence-corrected chi connectivity index (χ1v) is 9.17. The number of nitrogens with two attached hydrogens (primary N) is 1. The third kappa shape index (κ3) is 4.22. The Kier molecular flexibility index (Phi) is 5.72. The summed E-state index contributed by atoms with van der Waals surface area (Å²) in [5, 5.41) is 13.6. The lowest BCUT2D eigenvalue weighted by atomic mass is 9.86. The summed E-state index contributed by atoms with van der Waals surface area (Å²) in [6.45, 7) is 1.23. The Hall–Kier alpha value is -3.47. The molecule has 0 unspecified atom stereocenters. The summed E-state index contributed by atoms with van der Waals surface area (Å²) in [4.78, 5) is 28.3. The van der Waals surface area contributed by atoms with Gasteiger partial charge in [0.2, 0.25) is 11.9 Å². The van der Waals surface area contributed by atoms with Gasteiger partial charge in [-0.2, -0.15) is 0 Å². The van der Waals surface area contributed by atoms with Gasteiger partial charge >= 0.3 is 6.09 Å². The summed E-state index contributed by atoms with van der Waals surface area (Å²) in [6.07, 6.45) is -2.02. The molecule has 5 N–H and O–H groups in total. The number of halogens is 4. The normalized spacial score (nSPS) is 18.6. The fraction of sp³-hybridized carbons (Fsp3) is 0.211. The van der Waals surface area contributed by atoms with Crippen molar-refractivity contribution in [2.75, 3.05) is 18.1 Å². The van der Waals surface area contributed by atoms with Gasteiger partial charge in [0.1, 0.15) is 17.0 Å². The van der Waals surface area contributed by atoms with E-state index < -0.39 is 58.6 Å². The van der Waals surface area contributed by atoms with Gasteiger partial charge in [-0.05, 0) is 25.1 Å². The molecule has 1 aliphatic heterocycles. The van der Waals surface area contributed by atoms with E-state index in [0.29, 0.717) is 6.07 Å². The molecule has 0 radical (unpaired) electrons. The van der Waals surface area contributed by atoms with E-state index in [1.54, 1.807) is 0 Å². The standard InChI is InChI=1S/C19H17ClF3N5O3/c1-19(7-13(29)28(2)17(27-19)26-18(30)31)14-9(21)6-10(22)16(15(14)23)25-12-5-8(20)3-4-11(12)24/h3-6,25H,7,24H2,1-2H3,(H,26,27)(H,30,31)/t19-/m0/s1. The van der Waals surface area contributed by atoms with Gasteiger partial charge in [-0.15, -0.1) is 0 Å². The molecule has 0 aliphatic carbocycles. The molecule has 1 heterocycles. The van der Waals surface area contributed by atoms with E-state index in [4.69, 9.17) is 22.4 Å². The van der Waals surface area contributed by atoms with Crippen molar-refractivity contribution in [1.29, 1.82) is 0 Å². The maximum atomic E-state index is 15.4.